The Kier molecular flexibility index (Phi) is 8.47. The Morgan fingerprint density at radius 3 is 1.82 bits per heavy atom. The first-order valence-corrected chi connectivity index (χ1v) is 19.9. The van der Waals surface area contributed by atoms with E-state index in [1.54, 1.807) is 0 Å². The minimum atomic E-state index is 0.307. The summed E-state index contributed by atoms with van der Waals surface area (Å²) in [4.78, 5) is 2.48. The van der Waals surface area contributed by atoms with Gasteiger partial charge in [-0.25, -0.2) is 0 Å². The second-order valence-corrected chi connectivity index (χ2v) is 15.7. The van der Waals surface area contributed by atoms with E-state index in [1.165, 1.54) is 86.8 Å². The Balaban J connectivity index is 1.02. The molecule has 55 heavy (non-hydrogen) atoms. The normalized spacial score (nSPS) is 14.2. The van der Waals surface area contributed by atoms with E-state index in [4.69, 9.17) is 0 Å². The molecule has 10 rings (SSSR count). The van der Waals surface area contributed by atoms with Crippen LogP contribution in [0.25, 0.3) is 69.9 Å². The monoisotopic (exact) mass is 721 g/mol. The molecule has 0 aliphatic heterocycles. The number of benzene rings is 8. The summed E-state index contributed by atoms with van der Waals surface area (Å²) in [7, 11) is 0. The summed E-state index contributed by atoms with van der Waals surface area (Å²) in [5.41, 5.74) is 13.7. The van der Waals surface area contributed by atoms with Crippen LogP contribution < -0.4 is 4.90 Å². The standard InChI is InChI=1S/C53H39NS/c1-36-32-45(40-20-18-39(19-21-40)37-10-3-2-4-11-37)26-30-51(36)54(48-29-31-53-50(35-48)49-16-7-8-17-52(49)55-53)47-27-24-41(25-28-47)43-14-9-15-44(33-43)46-23-22-38-12-5-6-13-42(38)34-46/h2-31,33-36H,32H2,1H3. The van der Waals surface area contributed by atoms with Crippen molar-refractivity contribution in [3.63, 3.8) is 0 Å². The first-order valence-electron chi connectivity index (χ1n) is 19.1. The molecule has 2 heteroatoms. The number of allylic oxidation sites excluding steroid dienone is 4. The minimum absolute atomic E-state index is 0.307. The van der Waals surface area contributed by atoms with E-state index in [9.17, 15) is 0 Å². The third-order valence-corrected chi connectivity index (χ3v) is 12.3. The van der Waals surface area contributed by atoms with Crippen LogP contribution in [0.5, 0.6) is 0 Å². The van der Waals surface area contributed by atoms with Crippen molar-refractivity contribution in [3.8, 4) is 33.4 Å². The summed E-state index contributed by atoms with van der Waals surface area (Å²) in [6.45, 7) is 2.37. The molecule has 0 saturated carbocycles. The summed E-state index contributed by atoms with van der Waals surface area (Å²) in [6, 6.07) is 68.8. The van der Waals surface area contributed by atoms with E-state index in [2.05, 4.69) is 212 Å². The van der Waals surface area contributed by atoms with Crippen LogP contribution in [0, 0.1) is 5.92 Å². The average Bonchev–Trinajstić information content (AvgIpc) is 3.63. The van der Waals surface area contributed by atoms with Gasteiger partial charge < -0.3 is 4.90 Å². The maximum atomic E-state index is 2.48. The third kappa shape index (κ3) is 6.35. The van der Waals surface area contributed by atoms with Crippen molar-refractivity contribution in [1.29, 1.82) is 0 Å². The molecule has 0 radical (unpaired) electrons. The van der Waals surface area contributed by atoms with Crippen LogP contribution in [0.1, 0.15) is 18.9 Å². The zero-order valence-electron chi connectivity index (χ0n) is 30.7. The second kappa shape index (κ2) is 14.1. The Hall–Kier alpha value is -6.48. The van der Waals surface area contributed by atoms with E-state index < -0.39 is 0 Å². The van der Waals surface area contributed by atoms with Crippen LogP contribution in [-0.2, 0) is 0 Å². The molecule has 0 spiro atoms. The molecule has 0 saturated heterocycles. The lowest BCUT2D eigenvalue weighted by Gasteiger charge is -2.34. The number of fused-ring (bicyclic) bond motifs is 4. The van der Waals surface area contributed by atoms with Crippen LogP contribution in [-0.4, -0.2) is 0 Å². The number of anilines is 2. The molecule has 1 heterocycles. The molecule has 1 nitrogen and oxygen atoms in total. The van der Waals surface area contributed by atoms with Crippen molar-refractivity contribution in [3.05, 3.63) is 211 Å². The van der Waals surface area contributed by atoms with E-state index >= 15 is 0 Å². The second-order valence-electron chi connectivity index (χ2n) is 14.6. The molecule has 0 amide bonds. The molecule has 1 aliphatic carbocycles. The van der Waals surface area contributed by atoms with E-state index in [0.717, 1.165) is 12.1 Å². The summed E-state index contributed by atoms with van der Waals surface area (Å²) in [5, 5.41) is 5.15. The van der Waals surface area contributed by atoms with Gasteiger partial charge in [-0.2, -0.15) is 0 Å². The quantitative estimate of drug-likeness (QED) is 0.158. The number of nitrogens with zero attached hydrogens (tertiary/aromatic N) is 1. The highest BCUT2D eigenvalue weighted by Crippen LogP contribution is 2.43. The fourth-order valence-electron chi connectivity index (χ4n) is 8.22. The van der Waals surface area contributed by atoms with Crippen molar-refractivity contribution in [2.75, 3.05) is 4.90 Å². The van der Waals surface area contributed by atoms with Crippen molar-refractivity contribution in [2.24, 2.45) is 5.92 Å². The van der Waals surface area contributed by atoms with E-state index in [1.807, 2.05) is 11.3 Å². The van der Waals surface area contributed by atoms with Crippen LogP contribution in [0.4, 0.5) is 11.4 Å². The van der Waals surface area contributed by atoms with Gasteiger partial charge in [0.05, 0.1) is 0 Å². The number of rotatable bonds is 7. The Morgan fingerprint density at radius 2 is 1.00 bits per heavy atom. The Bertz CT molecular complexity index is 2890. The van der Waals surface area contributed by atoms with E-state index in [0.29, 0.717) is 5.92 Å². The first kappa shape index (κ1) is 33.1. The SMILES string of the molecule is CC1CC(c2ccc(-c3ccccc3)cc2)=CC=C1N(c1ccc(-c2cccc(-c3ccc4ccccc4c3)c2)cc1)c1ccc2sc3ccccc3c2c1. The summed E-state index contributed by atoms with van der Waals surface area (Å²) < 4.78 is 2.64. The molecule has 1 aliphatic rings. The molecule has 8 aromatic carbocycles. The molecule has 0 bridgehead atoms. The zero-order valence-corrected chi connectivity index (χ0v) is 31.5. The van der Waals surface area contributed by atoms with Crippen LogP contribution in [0.3, 0.4) is 0 Å². The molecule has 1 atom stereocenters. The predicted molar refractivity (Wildman–Crippen MR) is 238 cm³/mol. The summed E-state index contributed by atoms with van der Waals surface area (Å²) in [6.07, 6.45) is 5.66. The van der Waals surface area contributed by atoms with Crippen molar-refractivity contribution < 1.29 is 0 Å². The molecular formula is C53H39NS. The molecule has 0 N–H and O–H groups in total. The highest BCUT2D eigenvalue weighted by molar-refractivity contribution is 7.25. The average molecular weight is 722 g/mol. The van der Waals surface area contributed by atoms with Crippen molar-refractivity contribution >= 4 is 59.2 Å². The van der Waals surface area contributed by atoms with Gasteiger partial charge in [0.2, 0.25) is 0 Å². The highest BCUT2D eigenvalue weighted by Gasteiger charge is 2.24. The van der Waals surface area contributed by atoms with Crippen LogP contribution >= 0.6 is 11.3 Å². The van der Waals surface area contributed by atoms with Gasteiger partial charge in [0.15, 0.2) is 0 Å². The number of hydrogen-bond acceptors (Lipinski definition) is 2. The molecule has 1 unspecified atom stereocenters. The summed E-state index contributed by atoms with van der Waals surface area (Å²) >= 11 is 1.87. The lowest BCUT2D eigenvalue weighted by molar-refractivity contribution is 0.680. The first-order chi connectivity index (χ1) is 27.1. The number of thiophene rings is 1. The van der Waals surface area contributed by atoms with Gasteiger partial charge in [-0.3, -0.25) is 0 Å². The van der Waals surface area contributed by atoms with Crippen molar-refractivity contribution in [2.45, 2.75) is 13.3 Å². The Morgan fingerprint density at radius 1 is 0.418 bits per heavy atom. The molecule has 262 valence electrons. The van der Waals surface area contributed by atoms with Gasteiger partial charge >= 0.3 is 0 Å². The topological polar surface area (TPSA) is 3.24 Å². The van der Waals surface area contributed by atoms with Crippen LogP contribution in [0.15, 0.2) is 206 Å². The third-order valence-electron chi connectivity index (χ3n) is 11.1. The van der Waals surface area contributed by atoms with Gasteiger partial charge in [-0.05, 0) is 116 Å². The summed E-state index contributed by atoms with van der Waals surface area (Å²) in [5.74, 6) is 0.307. The number of hydrogen-bond donors (Lipinski definition) is 0. The van der Waals surface area contributed by atoms with Gasteiger partial charge in [0.1, 0.15) is 0 Å². The van der Waals surface area contributed by atoms with Gasteiger partial charge in [-0.1, -0.05) is 153 Å². The van der Waals surface area contributed by atoms with Gasteiger partial charge in [0.25, 0.3) is 0 Å². The van der Waals surface area contributed by atoms with Gasteiger partial charge in [-0.15, -0.1) is 11.3 Å². The minimum Gasteiger partial charge on any atom is -0.314 e. The fraction of sp³-hybridized carbons (Fsp3) is 0.0566. The molecular weight excluding hydrogens is 683 g/mol. The van der Waals surface area contributed by atoms with Gasteiger partial charge in [0, 0.05) is 43.2 Å². The fourth-order valence-corrected chi connectivity index (χ4v) is 9.31. The maximum Gasteiger partial charge on any atom is 0.0465 e. The zero-order chi connectivity index (χ0) is 36.7. The predicted octanol–water partition coefficient (Wildman–Crippen LogP) is 15.4. The molecule has 9 aromatic rings. The lowest BCUT2D eigenvalue weighted by atomic mass is 9.87. The van der Waals surface area contributed by atoms with E-state index in [-0.39, 0.29) is 0 Å². The lowest BCUT2D eigenvalue weighted by Crippen LogP contribution is -2.23. The van der Waals surface area contributed by atoms with Crippen LogP contribution in [0.2, 0.25) is 0 Å². The highest BCUT2D eigenvalue weighted by atomic mass is 32.1. The molecule has 1 aromatic heterocycles. The smallest absolute Gasteiger partial charge is 0.0465 e. The van der Waals surface area contributed by atoms with Crippen molar-refractivity contribution in [1.82, 2.24) is 0 Å². The largest absolute Gasteiger partial charge is 0.314 e. The molecule has 0 fully saturated rings. The maximum absolute atomic E-state index is 2.48. The Labute approximate surface area is 326 Å².